The monoisotopic (exact) mass is 275 g/mol. The summed E-state index contributed by atoms with van der Waals surface area (Å²) in [7, 11) is 0. The van der Waals surface area contributed by atoms with Gasteiger partial charge in [-0.05, 0) is 24.3 Å². The number of esters is 1. The number of carbonyl (C=O) groups is 1. The minimum atomic E-state index is -0.323. The SMILES string of the molecule is CC(=O)Oc1ccc(N(CCCl)CCCl)cc1. The molecule has 0 amide bonds. The first-order valence-electron chi connectivity index (χ1n) is 5.32. The molecule has 94 valence electrons. The van der Waals surface area contributed by atoms with E-state index in [1.807, 2.05) is 12.1 Å². The van der Waals surface area contributed by atoms with Crippen molar-refractivity contribution >= 4 is 34.9 Å². The van der Waals surface area contributed by atoms with E-state index in [9.17, 15) is 4.79 Å². The maximum absolute atomic E-state index is 10.8. The van der Waals surface area contributed by atoms with E-state index < -0.39 is 0 Å². The molecule has 0 fully saturated rings. The quantitative estimate of drug-likeness (QED) is 0.454. The minimum Gasteiger partial charge on any atom is -0.427 e. The second-order valence-electron chi connectivity index (χ2n) is 3.45. The van der Waals surface area contributed by atoms with E-state index in [0.717, 1.165) is 18.8 Å². The van der Waals surface area contributed by atoms with Crippen molar-refractivity contribution in [1.82, 2.24) is 0 Å². The highest BCUT2D eigenvalue weighted by Crippen LogP contribution is 2.19. The molecule has 0 aliphatic rings. The highest BCUT2D eigenvalue weighted by atomic mass is 35.5. The van der Waals surface area contributed by atoms with Gasteiger partial charge in [0.2, 0.25) is 0 Å². The van der Waals surface area contributed by atoms with Gasteiger partial charge < -0.3 is 9.64 Å². The maximum Gasteiger partial charge on any atom is 0.308 e. The molecule has 0 unspecified atom stereocenters. The first-order valence-corrected chi connectivity index (χ1v) is 6.39. The van der Waals surface area contributed by atoms with Crippen molar-refractivity contribution in [1.29, 1.82) is 0 Å². The van der Waals surface area contributed by atoms with Crippen LogP contribution in [-0.2, 0) is 4.79 Å². The van der Waals surface area contributed by atoms with Crippen LogP contribution in [0.2, 0.25) is 0 Å². The molecule has 0 atom stereocenters. The molecule has 0 saturated heterocycles. The van der Waals surface area contributed by atoms with Crippen molar-refractivity contribution in [3.05, 3.63) is 24.3 Å². The van der Waals surface area contributed by atoms with Crippen molar-refractivity contribution in [2.24, 2.45) is 0 Å². The fraction of sp³-hybridized carbons (Fsp3) is 0.417. The molecule has 0 heterocycles. The Morgan fingerprint density at radius 1 is 1.18 bits per heavy atom. The number of benzene rings is 1. The van der Waals surface area contributed by atoms with Crippen LogP contribution >= 0.6 is 23.2 Å². The molecule has 0 aromatic heterocycles. The van der Waals surface area contributed by atoms with E-state index in [0.29, 0.717) is 17.5 Å². The van der Waals surface area contributed by atoms with Gasteiger partial charge in [-0.1, -0.05) is 0 Å². The van der Waals surface area contributed by atoms with Gasteiger partial charge in [0.15, 0.2) is 0 Å². The number of anilines is 1. The van der Waals surface area contributed by atoms with Crippen LogP contribution in [0.15, 0.2) is 24.3 Å². The second kappa shape index (κ2) is 7.41. The fourth-order valence-corrected chi connectivity index (χ4v) is 1.87. The van der Waals surface area contributed by atoms with Crippen LogP contribution in [0.5, 0.6) is 5.75 Å². The van der Waals surface area contributed by atoms with E-state index in [-0.39, 0.29) is 5.97 Å². The number of carbonyl (C=O) groups excluding carboxylic acids is 1. The Labute approximate surface area is 111 Å². The molecule has 0 bridgehead atoms. The number of alkyl halides is 2. The highest BCUT2D eigenvalue weighted by Gasteiger charge is 2.05. The van der Waals surface area contributed by atoms with Crippen LogP contribution in [-0.4, -0.2) is 30.8 Å². The summed E-state index contributed by atoms with van der Waals surface area (Å²) in [6.07, 6.45) is 0. The Kier molecular flexibility index (Phi) is 6.16. The van der Waals surface area contributed by atoms with Gasteiger partial charge in [-0.2, -0.15) is 0 Å². The van der Waals surface area contributed by atoms with Gasteiger partial charge in [0.05, 0.1) is 0 Å². The Balaban J connectivity index is 2.72. The average molecular weight is 276 g/mol. The van der Waals surface area contributed by atoms with E-state index >= 15 is 0 Å². The van der Waals surface area contributed by atoms with Crippen LogP contribution in [0.3, 0.4) is 0 Å². The van der Waals surface area contributed by atoms with Crippen LogP contribution in [0.4, 0.5) is 5.69 Å². The number of nitrogens with zero attached hydrogens (tertiary/aromatic N) is 1. The summed E-state index contributed by atoms with van der Waals surface area (Å²) in [5.74, 6) is 1.31. The van der Waals surface area contributed by atoms with Crippen molar-refractivity contribution < 1.29 is 9.53 Å². The highest BCUT2D eigenvalue weighted by molar-refractivity contribution is 6.18. The minimum absolute atomic E-state index is 0.323. The molecule has 0 radical (unpaired) electrons. The third-order valence-corrected chi connectivity index (χ3v) is 2.51. The lowest BCUT2D eigenvalue weighted by Gasteiger charge is -2.22. The van der Waals surface area contributed by atoms with Crippen molar-refractivity contribution in [2.75, 3.05) is 29.7 Å². The smallest absolute Gasteiger partial charge is 0.308 e. The van der Waals surface area contributed by atoms with Crippen LogP contribution in [0.25, 0.3) is 0 Å². The zero-order valence-corrected chi connectivity index (χ0v) is 11.2. The summed E-state index contributed by atoms with van der Waals surface area (Å²) in [6.45, 7) is 2.85. The summed E-state index contributed by atoms with van der Waals surface area (Å²) in [4.78, 5) is 12.9. The number of rotatable bonds is 6. The molecule has 1 rings (SSSR count). The van der Waals surface area contributed by atoms with Gasteiger partial charge in [-0.3, -0.25) is 4.79 Å². The van der Waals surface area contributed by atoms with E-state index in [1.165, 1.54) is 6.92 Å². The normalized spacial score (nSPS) is 10.1. The zero-order valence-electron chi connectivity index (χ0n) is 9.66. The van der Waals surface area contributed by atoms with Gasteiger partial charge in [-0.15, -0.1) is 23.2 Å². The van der Waals surface area contributed by atoms with Crippen molar-refractivity contribution in [3.63, 3.8) is 0 Å². The van der Waals surface area contributed by atoms with Gasteiger partial charge in [0, 0.05) is 37.5 Å². The van der Waals surface area contributed by atoms with E-state index in [4.69, 9.17) is 27.9 Å². The number of hydrogen-bond donors (Lipinski definition) is 0. The first kappa shape index (κ1) is 14.1. The first-order chi connectivity index (χ1) is 8.17. The van der Waals surface area contributed by atoms with Gasteiger partial charge >= 0.3 is 5.97 Å². The molecule has 0 spiro atoms. The lowest BCUT2D eigenvalue weighted by atomic mass is 10.2. The molecule has 0 saturated carbocycles. The van der Waals surface area contributed by atoms with Crippen molar-refractivity contribution in [2.45, 2.75) is 6.92 Å². The molecule has 3 nitrogen and oxygen atoms in total. The summed E-state index contributed by atoms with van der Waals surface area (Å²) in [5.41, 5.74) is 1.02. The average Bonchev–Trinajstić information content (AvgIpc) is 2.29. The summed E-state index contributed by atoms with van der Waals surface area (Å²) >= 11 is 11.5. The number of halogens is 2. The third-order valence-electron chi connectivity index (χ3n) is 2.17. The predicted octanol–water partition coefficient (Wildman–Crippen LogP) is 2.90. The molecule has 5 heteroatoms. The van der Waals surface area contributed by atoms with Crippen molar-refractivity contribution in [3.8, 4) is 5.75 Å². The van der Waals surface area contributed by atoms with Gasteiger partial charge in [0.25, 0.3) is 0 Å². The number of ether oxygens (including phenoxy) is 1. The summed E-state index contributed by atoms with van der Waals surface area (Å²) in [5, 5.41) is 0. The van der Waals surface area contributed by atoms with Crippen LogP contribution in [0.1, 0.15) is 6.92 Å². The third kappa shape index (κ3) is 4.84. The Bertz CT molecular complexity index is 348. The largest absolute Gasteiger partial charge is 0.427 e. The van der Waals surface area contributed by atoms with E-state index in [1.54, 1.807) is 12.1 Å². The van der Waals surface area contributed by atoms with Crippen LogP contribution < -0.4 is 9.64 Å². The molecule has 0 N–H and O–H groups in total. The van der Waals surface area contributed by atoms with Gasteiger partial charge in [-0.25, -0.2) is 0 Å². The molecule has 1 aromatic carbocycles. The Morgan fingerprint density at radius 3 is 2.12 bits per heavy atom. The standard InChI is InChI=1S/C12H15Cl2NO2/c1-10(16)17-12-4-2-11(3-5-12)15(8-6-13)9-7-14/h2-5H,6-9H2,1H3. The zero-order chi connectivity index (χ0) is 12.7. The van der Waals surface area contributed by atoms with Crippen LogP contribution in [0, 0.1) is 0 Å². The lowest BCUT2D eigenvalue weighted by molar-refractivity contribution is -0.131. The predicted molar refractivity (Wildman–Crippen MR) is 71.4 cm³/mol. The molecule has 1 aromatic rings. The Morgan fingerprint density at radius 2 is 1.71 bits per heavy atom. The van der Waals surface area contributed by atoms with Gasteiger partial charge in [0.1, 0.15) is 5.75 Å². The summed E-state index contributed by atoms with van der Waals surface area (Å²) < 4.78 is 4.96. The topological polar surface area (TPSA) is 29.5 Å². The fourth-order valence-electron chi connectivity index (χ4n) is 1.47. The molecule has 0 aliphatic carbocycles. The van der Waals surface area contributed by atoms with E-state index in [2.05, 4.69) is 4.90 Å². The molecular formula is C12H15Cl2NO2. The molecule has 17 heavy (non-hydrogen) atoms. The summed E-state index contributed by atoms with van der Waals surface area (Å²) in [6, 6.07) is 7.28. The number of hydrogen-bond acceptors (Lipinski definition) is 3. The lowest BCUT2D eigenvalue weighted by Crippen LogP contribution is -2.27. The maximum atomic E-state index is 10.8. The second-order valence-corrected chi connectivity index (χ2v) is 4.21. The molecular weight excluding hydrogens is 261 g/mol. The molecule has 0 aliphatic heterocycles. The Hall–Kier alpha value is -0.930.